The molecule has 0 spiro atoms. The largest absolute Gasteiger partial charge is 0.0843 e. The van der Waals surface area contributed by atoms with Crippen LogP contribution in [0.1, 0.15) is 11.1 Å². The summed E-state index contributed by atoms with van der Waals surface area (Å²) in [6.45, 7) is 7.88. The van der Waals surface area contributed by atoms with Crippen molar-refractivity contribution in [1.82, 2.24) is 0 Å². The summed E-state index contributed by atoms with van der Waals surface area (Å²) in [5, 5.41) is 7.82. The van der Waals surface area contributed by atoms with Gasteiger partial charge in [-0.15, -0.1) is 0 Å². The van der Waals surface area contributed by atoms with Crippen LogP contribution in [-0.2, 0) is 0 Å². The fourth-order valence-electron chi connectivity index (χ4n) is 3.40. The van der Waals surface area contributed by atoms with E-state index in [4.69, 9.17) is 23.2 Å². The van der Waals surface area contributed by atoms with Gasteiger partial charge in [-0.3, -0.25) is 0 Å². The number of halogens is 2. The Morgan fingerprint density at radius 3 is 1.21 bits per heavy atom. The van der Waals surface area contributed by atoms with Gasteiger partial charge in [-0.2, -0.15) is 0 Å². The van der Waals surface area contributed by atoms with Gasteiger partial charge in [0.25, 0.3) is 0 Å². The van der Waals surface area contributed by atoms with Crippen LogP contribution in [-0.4, -0.2) is 0 Å². The lowest BCUT2D eigenvalue weighted by Crippen LogP contribution is -1.89. The minimum atomic E-state index is 0.544. The van der Waals surface area contributed by atoms with Crippen LogP contribution in [0.5, 0.6) is 0 Å². The molecule has 0 saturated carbocycles. The maximum Gasteiger partial charge on any atom is 0.0413 e. The first-order chi connectivity index (χ1) is 11.6. The van der Waals surface area contributed by atoms with Gasteiger partial charge in [0.2, 0.25) is 0 Å². The molecule has 4 rings (SSSR count). The highest BCUT2D eigenvalue weighted by molar-refractivity contribution is 6.50. The van der Waals surface area contributed by atoms with E-state index in [1.807, 2.05) is 24.3 Å². The summed E-state index contributed by atoms with van der Waals surface area (Å²) in [5.41, 5.74) is 1.92. The lowest BCUT2D eigenvalue weighted by Gasteiger charge is -2.14. The lowest BCUT2D eigenvalue weighted by molar-refractivity contribution is 1.73. The molecule has 0 aliphatic rings. The van der Waals surface area contributed by atoms with Crippen molar-refractivity contribution in [2.75, 3.05) is 0 Å². The van der Waals surface area contributed by atoms with Crippen molar-refractivity contribution < 1.29 is 0 Å². The maximum atomic E-state index is 6.29. The first kappa shape index (κ1) is 15.3. The standard InChI is InChI=1S/C22H14Cl2/c1-13(23)19-11-21-18-10-6-4-8-16(18)20(14(2)24)12-22(21)17-9-5-3-7-15(17)19/h3-12H,1-2H2. The molecule has 0 amide bonds. The zero-order chi connectivity index (χ0) is 16.8. The third kappa shape index (κ3) is 2.23. The van der Waals surface area contributed by atoms with Crippen molar-refractivity contribution in [3.8, 4) is 0 Å². The van der Waals surface area contributed by atoms with Crippen LogP contribution in [0.3, 0.4) is 0 Å². The van der Waals surface area contributed by atoms with Crippen molar-refractivity contribution in [3.63, 3.8) is 0 Å². The van der Waals surface area contributed by atoms with E-state index in [2.05, 4.69) is 49.6 Å². The molecule has 0 fully saturated rings. The minimum Gasteiger partial charge on any atom is -0.0843 e. The second kappa shape index (κ2) is 5.66. The van der Waals surface area contributed by atoms with E-state index in [-0.39, 0.29) is 0 Å². The summed E-state index contributed by atoms with van der Waals surface area (Å²) in [7, 11) is 0. The van der Waals surface area contributed by atoms with Crippen LogP contribution in [0.15, 0.2) is 73.8 Å². The molecule has 0 nitrogen and oxygen atoms in total. The Hall–Kier alpha value is -2.28. The molecule has 0 heterocycles. The van der Waals surface area contributed by atoms with Gasteiger partial charge >= 0.3 is 0 Å². The summed E-state index contributed by atoms with van der Waals surface area (Å²) in [4.78, 5) is 0. The highest BCUT2D eigenvalue weighted by Crippen LogP contribution is 2.39. The molecule has 0 saturated heterocycles. The van der Waals surface area contributed by atoms with E-state index in [1.165, 1.54) is 0 Å². The number of hydrogen-bond acceptors (Lipinski definition) is 0. The summed E-state index contributed by atoms with van der Waals surface area (Å²) in [5.74, 6) is 0. The van der Waals surface area contributed by atoms with E-state index in [9.17, 15) is 0 Å². The van der Waals surface area contributed by atoms with Crippen LogP contribution in [0.25, 0.3) is 42.4 Å². The second-order valence-electron chi connectivity index (χ2n) is 5.84. The van der Waals surface area contributed by atoms with Gasteiger partial charge in [0.05, 0.1) is 0 Å². The van der Waals surface area contributed by atoms with E-state index in [1.54, 1.807) is 0 Å². The fourth-order valence-corrected chi connectivity index (χ4v) is 3.71. The molecule has 0 unspecified atom stereocenters. The fraction of sp³-hybridized carbons (Fsp3) is 0. The van der Waals surface area contributed by atoms with E-state index >= 15 is 0 Å². The highest BCUT2D eigenvalue weighted by Gasteiger charge is 2.13. The van der Waals surface area contributed by atoms with Gasteiger partial charge in [-0.25, -0.2) is 0 Å². The molecule has 0 aliphatic carbocycles. The Morgan fingerprint density at radius 2 is 0.875 bits per heavy atom. The molecule has 4 aromatic carbocycles. The van der Waals surface area contributed by atoms with Crippen LogP contribution < -0.4 is 0 Å². The number of benzene rings is 4. The van der Waals surface area contributed by atoms with Crippen LogP contribution in [0.2, 0.25) is 0 Å². The Morgan fingerprint density at radius 1 is 0.542 bits per heavy atom. The summed E-state index contributed by atoms with van der Waals surface area (Å²) in [6, 6.07) is 20.7. The van der Waals surface area contributed by atoms with E-state index in [0.29, 0.717) is 10.1 Å². The molecule has 24 heavy (non-hydrogen) atoms. The minimum absolute atomic E-state index is 0.544. The van der Waals surface area contributed by atoms with Crippen LogP contribution in [0.4, 0.5) is 0 Å². The van der Waals surface area contributed by atoms with Gasteiger partial charge in [0.1, 0.15) is 0 Å². The first-order valence-corrected chi connectivity index (χ1v) is 8.40. The monoisotopic (exact) mass is 348 g/mol. The smallest absolute Gasteiger partial charge is 0.0413 e. The molecule has 0 radical (unpaired) electrons. The molecule has 4 aromatic rings. The molecule has 0 aliphatic heterocycles. The normalized spacial score (nSPS) is 11.2. The third-order valence-corrected chi connectivity index (χ3v) is 4.87. The van der Waals surface area contributed by atoms with Gasteiger partial charge in [0, 0.05) is 21.2 Å². The molecule has 0 atom stereocenters. The number of fused-ring (bicyclic) bond motifs is 5. The Bertz CT molecular complexity index is 1060. The SMILES string of the molecule is C=C(Cl)c1cc2c3ccccc3c(C(=C)Cl)cc2c2ccccc12. The first-order valence-electron chi connectivity index (χ1n) is 7.64. The predicted octanol–water partition coefficient (Wildman–Crippen LogP) is 7.57. The number of hydrogen-bond donors (Lipinski definition) is 0. The molecule has 2 heteroatoms. The van der Waals surface area contributed by atoms with E-state index < -0.39 is 0 Å². The van der Waals surface area contributed by atoms with Crippen LogP contribution in [0, 0.1) is 0 Å². The second-order valence-corrected chi connectivity index (χ2v) is 6.76. The zero-order valence-electron chi connectivity index (χ0n) is 12.9. The van der Waals surface area contributed by atoms with Crippen molar-refractivity contribution in [2.24, 2.45) is 0 Å². The Labute approximate surface area is 150 Å². The van der Waals surface area contributed by atoms with Crippen molar-refractivity contribution in [3.05, 3.63) is 84.9 Å². The van der Waals surface area contributed by atoms with Gasteiger partial charge in [-0.05, 0) is 44.5 Å². The van der Waals surface area contributed by atoms with Crippen molar-refractivity contribution in [2.45, 2.75) is 0 Å². The molecule has 116 valence electrons. The highest BCUT2D eigenvalue weighted by atomic mass is 35.5. The van der Waals surface area contributed by atoms with Gasteiger partial charge in [-0.1, -0.05) is 84.9 Å². The Kier molecular flexibility index (Phi) is 3.60. The van der Waals surface area contributed by atoms with Crippen LogP contribution >= 0.6 is 23.2 Å². The summed E-state index contributed by atoms with van der Waals surface area (Å²) < 4.78 is 0. The molecule has 0 bridgehead atoms. The third-order valence-electron chi connectivity index (χ3n) is 4.47. The van der Waals surface area contributed by atoms with Crippen molar-refractivity contribution in [1.29, 1.82) is 0 Å². The predicted molar refractivity (Wildman–Crippen MR) is 109 cm³/mol. The summed E-state index contributed by atoms with van der Waals surface area (Å²) >= 11 is 12.6. The molecular formula is C22H14Cl2. The molecule has 0 aromatic heterocycles. The summed E-state index contributed by atoms with van der Waals surface area (Å²) in [6.07, 6.45) is 0. The van der Waals surface area contributed by atoms with Crippen molar-refractivity contribution >= 4 is 65.6 Å². The van der Waals surface area contributed by atoms with Gasteiger partial charge in [0.15, 0.2) is 0 Å². The van der Waals surface area contributed by atoms with E-state index in [0.717, 1.165) is 43.4 Å². The average Bonchev–Trinajstić information content (AvgIpc) is 2.59. The maximum absolute atomic E-state index is 6.29. The van der Waals surface area contributed by atoms with Gasteiger partial charge < -0.3 is 0 Å². The lowest BCUT2D eigenvalue weighted by atomic mass is 9.91. The zero-order valence-corrected chi connectivity index (χ0v) is 14.5. The topological polar surface area (TPSA) is 0 Å². The molecule has 0 N–H and O–H groups in total. The number of rotatable bonds is 2. The Balaban J connectivity index is 2.34. The average molecular weight is 349 g/mol. The molecular weight excluding hydrogens is 335 g/mol. The quantitative estimate of drug-likeness (QED) is 0.327.